The van der Waals surface area contributed by atoms with Gasteiger partial charge in [0.15, 0.2) is 0 Å². The van der Waals surface area contributed by atoms with Crippen molar-refractivity contribution in [2.75, 3.05) is 12.4 Å². The van der Waals surface area contributed by atoms with Gasteiger partial charge in [-0.25, -0.2) is 0 Å². The average Bonchev–Trinajstić information content (AvgIpc) is 2.92. The van der Waals surface area contributed by atoms with Gasteiger partial charge in [0.25, 0.3) is 5.91 Å². The molecular weight excluding hydrogens is 358 g/mol. The monoisotopic (exact) mass is 387 g/mol. The lowest BCUT2D eigenvalue weighted by Gasteiger charge is -2.41. The number of rotatable bonds is 7. The summed E-state index contributed by atoms with van der Waals surface area (Å²) in [6.45, 7) is 3.48. The molecule has 2 bridgehead atoms. The van der Waals surface area contributed by atoms with Crippen LogP contribution in [0.2, 0.25) is 0 Å². The van der Waals surface area contributed by atoms with Crippen LogP contribution in [0.15, 0.2) is 18.2 Å². The van der Waals surface area contributed by atoms with Crippen molar-refractivity contribution < 1.29 is 19.1 Å². The van der Waals surface area contributed by atoms with Crippen LogP contribution in [0.25, 0.3) is 0 Å². The van der Waals surface area contributed by atoms with Gasteiger partial charge in [-0.2, -0.15) is 0 Å². The molecule has 2 N–H and O–H groups in total. The van der Waals surface area contributed by atoms with Crippen LogP contribution in [-0.2, 0) is 9.59 Å². The van der Waals surface area contributed by atoms with E-state index in [1.807, 2.05) is 6.92 Å². The fraction of sp³-hybridized carbons (Fsp3) is 0.571. The van der Waals surface area contributed by atoms with Gasteiger partial charge in [0.05, 0.1) is 18.7 Å². The van der Waals surface area contributed by atoms with Crippen molar-refractivity contribution in [2.45, 2.75) is 70.1 Å². The minimum Gasteiger partial charge on any atom is -0.496 e. The quantitative estimate of drug-likeness (QED) is 0.701. The van der Waals surface area contributed by atoms with Gasteiger partial charge in [-0.15, -0.1) is 0 Å². The summed E-state index contributed by atoms with van der Waals surface area (Å²) in [7, 11) is 1.51. The Hall–Kier alpha value is -2.41. The molecule has 7 nitrogen and oxygen atoms in total. The lowest BCUT2D eigenvalue weighted by Crippen LogP contribution is -2.54. The first kappa shape index (κ1) is 20.3. The van der Waals surface area contributed by atoms with E-state index in [1.165, 1.54) is 14.0 Å². The summed E-state index contributed by atoms with van der Waals surface area (Å²) in [6, 6.07) is 5.79. The predicted octanol–water partition coefficient (Wildman–Crippen LogP) is 2.36. The number of methoxy groups -OCH3 is 1. The van der Waals surface area contributed by atoms with Crippen LogP contribution < -0.4 is 15.4 Å². The third-order valence-corrected chi connectivity index (χ3v) is 5.85. The first-order valence-corrected chi connectivity index (χ1v) is 9.96. The van der Waals surface area contributed by atoms with Crippen molar-refractivity contribution in [3.63, 3.8) is 0 Å². The minimum absolute atomic E-state index is 0.0180. The molecule has 3 unspecified atom stereocenters. The van der Waals surface area contributed by atoms with Gasteiger partial charge in [0.1, 0.15) is 12.0 Å². The number of nitrogens with one attached hydrogen (secondary N) is 2. The maximum atomic E-state index is 12.8. The topological polar surface area (TPSA) is 87.7 Å². The number of hydrogen-bond acceptors (Lipinski definition) is 5. The van der Waals surface area contributed by atoms with Crippen LogP contribution in [-0.4, -0.2) is 54.3 Å². The third-order valence-electron chi connectivity index (χ3n) is 5.85. The van der Waals surface area contributed by atoms with E-state index in [-0.39, 0.29) is 23.9 Å². The van der Waals surface area contributed by atoms with Crippen molar-refractivity contribution in [1.29, 1.82) is 0 Å². The zero-order chi connectivity index (χ0) is 20.3. The second kappa shape index (κ2) is 8.73. The molecule has 2 aliphatic rings. The molecule has 0 radical (unpaired) electrons. The van der Waals surface area contributed by atoms with Gasteiger partial charge < -0.3 is 20.2 Å². The molecule has 1 aromatic carbocycles. The molecule has 3 atom stereocenters. The molecule has 2 fully saturated rings. The molecule has 2 saturated heterocycles. The van der Waals surface area contributed by atoms with Crippen LogP contribution in [0.1, 0.15) is 56.3 Å². The molecule has 7 heteroatoms. The molecule has 3 rings (SSSR count). The Morgan fingerprint density at radius 3 is 2.50 bits per heavy atom. The van der Waals surface area contributed by atoms with E-state index in [2.05, 4.69) is 15.5 Å². The highest BCUT2D eigenvalue weighted by molar-refractivity contribution is 5.98. The van der Waals surface area contributed by atoms with Crippen molar-refractivity contribution in [2.24, 2.45) is 0 Å². The normalized spacial score (nSPS) is 25.0. The number of benzene rings is 1. The van der Waals surface area contributed by atoms with Crippen LogP contribution in [0.3, 0.4) is 0 Å². The summed E-state index contributed by atoms with van der Waals surface area (Å²) in [5, 5.41) is 5.83. The molecule has 2 amide bonds. The zero-order valence-corrected chi connectivity index (χ0v) is 16.7. The first-order valence-electron chi connectivity index (χ1n) is 9.96. The molecule has 0 saturated carbocycles. The third kappa shape index (κ3) is 4.19. The SMILES string of the molecule is CCC(C=O)N1C2CCC1CC(NC(=O)c1ccc(NC(C)=O)cc1OC)C2. The van der Waals surface area contributed by atoms with Gasteiger partial charge in [-0.3, -0.25) is 14.5 Å². The fourth-order valence-corrected chi connectivity index (χ4v) is 4.67. The maximum Gasteiger partial charge on any atom is 0.255 e. The highest BCUT2D eigenvalue weighted by Crippen LogP contribution is 2.37. The van der Waals surface area contributed by atoms with E-state index in [9.17, 15) is 14.4 Å². The molecule has 152 valence electrons. The van der Waals surface area contributed by atoms with Crippen LogP contribution in [0.4, 0.5) is 5.69 Å². The molecule has 0 spiro atoms. The summed E-state index contributed by atoms with van der Waals surface area (Å²) in [5.41, 5.74) is 1.04. The number of fused-ring (bicyclic) bond motifs is 2. The van der Waals surface area contributed by atoms with E-state index in [4.69, 9.17) is 4.74 Å². The predicted molar refractivity (Wildman–Crippen MR) is 107 cm³/mol. The lowest BCUT2D eigenvalue weighted by molar-refractivity contribution is -0.115. The number of ether oxygens (including phenoxy) is 1. The fourth-order valence-electron chi connectivity index (χ4n) is 4.67. The number of carbonyl (C=O) groups excluding carboxylic acids is 3. The summed E-state index contributed by atoms with van der Waals surface area (Å²) >= 11 is 0. The number of anilines is 1. The largest absolute Gasteiger partial charge is 0.496 e. The summed E-state index contributed by atoms with van der Waals surface area (Å²) < 4.78 is 5.35. The summed E-state index contributed by atoms with van der Waals surface area (Å²) in [5.74, 6) is 0.0739. The van der Waals surface area contributed by atoms with Gasteiger partial charge in [0.2, 0.25) is 5.91 Å². The number of nitrogens with zero attached hydrogens (tertiary/aromatic N) is 1. The molecule has 1 aromatic rings. The van der Waals surface area contributed by atoms with Crippen LogP contribution >= 0.6 is 0 Å². The summed E-state index contributed by atoms with van der Waals surface area (Å²) in [6.07, 6.45) is 5.76. The molecule has 28 heavy (non-hydrogen) atoms. The Kier molecular flexibility index (Phi) is 6.34. The Balaban J connectivity index is 1.68. The number of carbonyl (C=O) groups is 3. The van der Waals surface area contributed by atoms with Crippen molar-refractivity contribution in [3.8, 4) is 5.75 Å². The van der Waals surface area contributed by atoms with E-state index >= 15 is 0 Å². The number of hydrogen-bond donors (Lipinski definition) is 2. The molecule has 2 aliphatic heterocycles. The average molecular weight is 387 g/mol. The van der Waals surface area contributed by atoms with Gasteiger partial charge in [0, 0.05) is 36.8 Å². The van der Waals surface area contributed by atoms with Gasteiger partial charge in [-0.05, 0) is 44.2 Å². The van der Waals surface area contributed by atoms with Gasteiger partial charge >= 0.3 is 0 Å². The number of piperidine rings is 1. The Labute approximate surface area is 165 Å². The summed E-state index contributed by atoms with van der Waals surface area (Å²) in [4.78, 5) is 37.8. The first-order chi connectivity index (χ1) is 13.5. The maximum absolute atomic E-state index is 12.8. The molecule has 0 aliphatic carbocycles. The van der Waals surface area contributed by atoms with Crippen molar-refractivity contribution in [3.05, 3.63) is 23.8 Å². The zero-order valence-electron chi connectivity index (χ0n) is 16.7. The van der Waals surface area contributed by atoms with Gasteiger partial charge in [-0.1, -0.05) is 6.92 Å². The van der Waals surface area contributed by atoms with Crippen LogP contribution in [0.5, 0.6) is 5.75 Å². The molecule has 0 aromatic heterocycles. The smallest absolute Gasteiger partial charge is 0.255 e. The highest BCUT2D eigenvalue weighted by Gasteiger charge is 2.43. The number of aldehydes is 1. The standard InChI is InChI=1S/C21H29N3O4/c1-4-16(12-25)24-17-6-7-18(24)10-15(9-17)23-21(27)19-8-5-14(22-13(2)26)11-20(19)28-3/h5,8,11-12,15-18H,4,6-7,9-10H2,1-3H3,(H,22,26)(H,23,27). The highest BCUT2D eigenvalue weighted by atomic mass is 16.5. The number of amides is 2. The molecule has 2 heterocycles. The minimum atomic E-state index is -0.179. The van der Waals surface area contributed by atoms with Crippen molar-refractivity contribution >= 4 is 23.8 Å². The van der Waals surface area contributed by atoms with E-state index in [1.54, 1.807) is 18.2 Å². The Morgan fingerprint density at radius 1 is 1.29 bits per heavy atom. The van der Waals surface area contributed by atoms with E-state index in [0.717, 1.165) is 38.4 Å². The second-order valence-corrected chi connectivity index (χ2v) is 7.68. The van der Waals surface area contributed by atoms with E-state index < -0.39 is 0 Å². The molecular formula is C21H29N3O4. The lowest BCUT2D eigenvalue weighted by atomic mass is 9.94. The Bertz CT molecular complexity index is 737. The Morgan fingerprint density at radius 2 is 1.96 bits per heavy atom. The van der Waals surface area contributed by atoms with Crippen LogP contribution in [0, 0.1) is 0 Å². The van der Waals surface area contributed by atoms with E-state index in [0.29, 0.717) is 29.1 Å². The second-order valence-electron chi connectivity index (χ2n) is 7.68. The van der Waals surface area contributed by atoms with Crippen molar-refractivity contribution in [1.82, 2.24) is 10.2 Å².